The number of fused-ring (bicyclic) bond motifs is 1. The Hall–Kier alpha value is -0.110. The predicted molar refractivity (Wildman–Crippen MR) is 27.4 cm³/mol. The van der Waals surface area contributed by atoms with E-state index in [-0.39, 0.29) is 6.10 Å². The van der Waals surface area contributed by atoms with Crippen LogP contribution in [0.4, 0.5) is 4.39 Å². The van der Waals surface area contributed by atoms with Crippen LogP contribution >= 0.6 is 0 Å². The SMILES string of the molecule is FC1CCC[C@@H]2O[C@H]12. The van der Waals surface area contributed by atoms with Gasteiger partial charge in [-0.15, -0.1) is 0 Å². The van der Waals surface area contributed by atoms with Crippen molar-refractivity contribution in [1.82, 2.24) is 0 Å². The maximum absolute atomic E-state index is 12.5. The number of epoxide rings is 1. The third-order valence-electron chi connectivity index (χ3n) is 1.95. The molecule has 0 amide bonds. The highest BCUT2D eigenvalue weighted by Gasteiger charge is 2.47. The summed E-state index contributed by atoms with van der Waals surface area (Å²) in [5, 5.41) is 0. The molecule has 46 valence electrons. The van der Waals surface area contributed by atoms with Gasteiger partial charge in [0.25, 0.3) is 0 Å². The standard InChI is InChI=1S/C6H9FO/c7-4-2-1-3-5-6(4)8-5/h4-6H,1-3H2/t4?,5-,6+/m0/s1. The summed E-state index contributed by atoms with van der Waals surface area (Å²) in [4.78, 5) is 0. The monoisotopic (exact) mass is 116 g/mol. The van der Waals surface area contributed by atoms with E-state index in [4.69, 9.17) is 4.74 Å². The Bertz CT molecular complexity index is 105. The first-order valence-electron chi connectivity index (χ1n) is 3.17. The highest BCUT2D eigenvalue weighted by Crippen LogP contribution is 2.37. The first-order valence-corrected chi connectivity index (χ1v) is 3.17. The Labute approximate surface area is 47.8 Å². The van der Waals surface area contributed by atoms with Crippen molar-refractivity contribution in [2.24, 2.45) is 0 Å². The largest absolute Gasteiger partial charge is 0.366 e. The van der Waals surface area contributed by atoms with Crippen LogP contribution in [0.5, 0.6) is 0 Å². The van der Waals surface area contributed by atoms with E-state index in [9.17, 15) is 4.39 Å². The van der Waals surface area contributed by atoms with Crippen molar-refractivity contribution in [1.29, 1.82) is 0 Å². The molecule has 1 aliphatic carbocycles. The van der Waals surface area contributed by atoms with Crippen LogP contribution in [-0.4, -0.2) is 18.4 Å². The van der Waals surface area contributed by atoms with E-state index in [0.717, 1.165) is 19.3 Å². The molecule has 3 atom stereocenters. The third kappa shape index (κ3) is 0.558. The molecule has 1 heterocycles. The van der Waals surface area contributed by atoms with Gasteiger partial charge in [-0.3, -0.25) is 0 Å². The number of hydrogen-bond acceptors (Lipinski definition) is 1. The summed E-state index contributed by atoms with van der Waals surface area (Å²) in [5.41, 5.74) is 0. The van der Waals surface area contributed by atoms with Gasteiger partial charge in [0.15, 0.2) is 0 Å². The normalized spacial score (nSPS) is 52.9. The molecule has 2 heteroatoms. The lowest BCUT2D eigenvalue weighted by molar-refractivity contribution is 0.238. The molecule has 2 aliphatic rings. The smallest absolute Gasteiger partial charge is 0.129 e. The molecule has 0 bridgehead atoms. The molecule has 1 nitrogen and oxygen atoms in total. The molecule has 2 rings (SSSR count). The molecular formula is C6H9FO. The Balaban J connectivity index is 1.99. The zero-order valence-corrected chi connectivity index (χ0v) is 4.64. The first kappa shape index (κ1) is 4.74. The molecule has 0 aromatic heterocycles. The van der Waals surface area contributed by atoms with Gasteiger partial charge >= 0.3 is 0 Å². The molecular weight excluding hydrogens is 107 g/mol. The number of alkyl halides is 1. The molecule has 1 saturated carbocycles. The van der Waals surface area contributed by atoms with Crippen molar-refractivity contribution < 1.29 is 9.13 Å². The van der Waals surface area contributed by atoms with E-state index >= 15 is 0 Å². The molecule has 2 fully saturated rings. The van der Waals surface area contributed by atoms with Crippen molar-refractivity contribution in [3.63, 3.8) is 0 Å². The van der Waals surface area contributed by atoms with Crippen LogP contribution in [0.1, 0.15) is 19.3 Å². The van der Waals surface area contributed by atoms with E-state index in [1.54, 1.807) is 0 Å². The van der Waals surface area contributed by atoms with E-state index in [1.165, 1.54) is 0 Å². The van der Waals surface area contributed by atoms with Crippen molar-refractivity contribution in [2.75, 3.05) is 0 Å². The highest BCUT2D eigenvalue weighted by molar-refractivity contribution is 4.94. The van der Waals surface area contributed by atoms with Crippen molar-refractivity contribution in [2.45, 2.75) is 37.6 Å². The summed E-state index contributed by atoms with van der Waals surface area (Å²) in [6, 6.07) is 0. The van der Waals surface area contributed by atoms with Crippen LogP contribution in [0.15, 0.2) is 0 Å². The van der Waals surface area contributed by atoms with Gasteiger partial charge in [-0.05, 0) is 19.3 Å². The summed E-state index contributed by atoms with van der Waals surface area (Å²) in [7, 11) is 0. The molecule has 0 radical (unpaired) electrons. The van der Waals surface area contributed by atoms with Gasteiger partial charge in [-0.1, -0.05) is 0 Å². The molecule has 0 spiro atoms. The van der Waals surface area contributed by atoms with Crippen LogP contribution in [-0.2, 0) is 4.74 Å². The van der Waals surface area contributed by atoms with Crippen LogP contribution in [0.25, 0.3) is 0 Å². The summed E-state index contributed by atoms with van der Waals surface area (Å²) >= 11 is 0. The highest BCUT2D eigenvalue weighted by atomic mass is 19.1. The fraction of sp³-hybridized carbons (Fsp3) is 1.00. The average Bonchev–Trinajstić information content (AvgIpc) is 2.45. The van der Waals surface area contributed by atoms with Crippen LogP contribution < -0.4 is 0 Å². The summed E-state index contributed by atoms with van der Waals surface area (Å²) < 4.78 is 17.5. The summed E-state index contributed by atoms with van der Waals surface area (Å²) in [6.45, 7) is 0. The van der Waals surface area contributed by atoms with Crippen LogP contribution in [0.2, 0.25) is 0 Å². The number of rotatable bonds is 0. The third-order valence-corrected chi connectivity index (χ3v) is 1.95. The van der Waals surface area contributed by atoms with Gasteiger partial charge in [-0.2, -0.15) is 0 Å². The second-order valence-corrected chi connectivity index (χ2v) is 2.59. The molecule has 0 N–H and O–H groups in total. The fourth-order valence-corrected chi connectivity index (χ4v) is 1.39. The Morgan fingerprint density at radius 3 is 2.88 bits per heavy atom. The van der Waals surface area contributed by atoms with E-state index in [2.05, 4.69) is 0 Å². The van der Waals surface area contributed by atoms with E-state index in [1.807, 2.05) is 0 Å². The Morgan fingerprint density at radius 1 is 1.38 bits per heavy atom. The molecule has 0 aromatic carbocycles. The van der Waals surface area contributed by atoms with Gasteiger partial charge in [0, 0.05) is 0 Å². The van der Waals surface area contributed by atoms with E-state index < -0.39 is 6.17 Å². The van der Waals surface area contributed by atoms with E-state index in [0.29, 0.717) is 6.10 Å². The number of ether oxygens (including phenoxy) is 1. The van der Waals surface area contributed by atoms with Crippen molar-refractivity contribution >= 4 is 0 Å². The lowest BCUT2D eigenvalue weighted by Gasteiger charge is -2.07. The number of hydrogen-bond donors (Lipinski definition) is 0. The lowest BCUT2D eigenvalue weighted by Crippen LogP contribution is -2.16. The fourth-order valence-electron chi connectivity index (χ4n) is 1.39. The number of halogens is 1. The molecule has 0 aromatic rings. The average molecular weight is 116 g/mol. The minimum Gasteiger partial charge on any atom is -0.366 e. The minimum absolute atomic E-state index is 0.00347. The zero-order chi connectivity index (χ0) is 5.56. The summed E-state index contributed by atoms with van der Waals surface area (Å²) in [5.74, 6) is 0. The van der Waals surface area contributed by atoms with Crippen LogP contribution in [0, 0.1) is 0 Å². The maximum atomic E-state index is 12.5. The molecule has 8 heavy (non-hydrogen) atoms. The quantitative estimate of drug-likeness (QED) is 0.434. The van der Waals surface area contributed by atoms with Gasteiger partial charge in [0.1, 0.15) is 12.3 Å². The Morgan fingerprint density at radius 2 is 2.25 bits per heavy atom. The van der Waals surface area contributed by atoms with Gasteiger partial charge < -0.3 is 4.74 Å². The molecule has 1 aliphatic heterocycles. The second-order valence-electron chi connectivity index (χ2n) is 2.59. The lowest BCUT2D eigenvalue weighted by atomic mass is 9.99. The first-order chi connectivity index (χ1) is 3.88. The van der Waals surface area contributed by atoms with Crippen molar-refractivity contribution in [3.05, 3.63) is 0 Å². The molecule has 1 saturated heterocycles. The van der Waals surface area contributed by atoms with Crippen LogP contribution in [0.3, 0.4) is 0 Å². The zero-order valence-electron chi connectivity index (χ0n) is 4.64. The maximum Gasteiger partial charge on any atom is 0.129 e. The Kier molecular flexibility index (Phi) is 0.852. The topological polar surface area (TPSA) is 12.5 Å². The van der Waals surface area contributed by atoms with Gasteiger partial charge in [0.2, 0.25) is 0 Å². The van der Waals surface area contributed by atoms with Crippen molar-refractivity contribution in [3.8, 4) is 0 Å². The molecule has 1 unspecified atom stereocenters. The second kappa shape index (κ2) is 1.44. The predicted octanol–water partition coefficient (Wildman–Crippen LogP) is 1.28. The minimum atomic E-state index is -0.645. The summed E-state index contributed by atoms with van der Waals surface area (Å²) in [6.07, 6.45) is 2.49. The van der Waals surface area contributed by atoms with Gasteiger partial charge in [0.05, 0.1) is 6.10 Å². The van der Waals surface area contributed by atoms with Gasteiger partial charge in [-0.25, -0.2) is 4.39 Å².